The second-order valence-corrected chi connectivity index (χ2v) is 55.0. The van der Waals surface area contributed by atoms with E-state index in [1.807, 2.05) is 171 Å². The number of aliphatic imine (C=N–C) groups is 2. The van der Waals surface area contributed by atoms with Crippen LogP contribution < -0.4 is 19.6 Å². The Morgan fingerprint density at radius 1 is 0.377 bits per heavy atom. The van der Waals surface area contributed by atoms with E-state index in [4.69, 9.17) is 4.42 Å². The number of nitrogens with one attached hydrogen (secondary N) is 1. The first-order valence-electron chi connectivity index (χ1n) is 52.8. The molecule has 146 heavy (non-hydrogen) atoms. The Hall–Kier alpha value is -8.89. The van der Waals surface area contributed by atoms with E-state index in [1.54, 1.807) is 59.4 Å². The van der Waals surface area contributed by atoms with Crippen LogP contribution in [0.4, 0.5) is 22.7 Å². The number of thioether (sulfide) groups is 4. The number of aromatic nitrogens is 4. The molecule has 1 aliphatic heterocycles. The van der Waals surface area contributed by atoms with Crippen LogP contribution in [0.5, 0.6) is 0 Å². The minimum Gasteiger partial charge on any atom is -0.477 e. The molecule has 31 heteroatoms. The Labute approximate surface area is 898 Å². The number of pyridine rings is 1. The third-order valence-corrected chi connectivity index (χ3v) is 37.8. The summed E-state index contributed by atoms with van der Waals surface area (Å²) in [4.78, 5) is 134. The van der Waals surface area contributed by atoms with Gasteiger partial charge in [-0.2, -0.15) is 5.10 Å². The van der Waals surface area contributed by atoms with E-state index in [9.17, 15) is 58.8 Å². The Morgan fingerprint density at radius 2 is 0.678 bits per heavy atom. The fourth-order valence-corrected chi connectivity index (χ4v) is 28.5. The van der Waals surface area contributed by atoms with Crippen molar-refractivity contribution >= 4 is 174 Å². The molecule has 8 aliphatic carbocycles. The van der Waals surface area contributed by atoms with Gasteiger partial charge in [0.15, 0.2) is 5.17 Å². The zero-order valence-electron chi connectivity index (χ0n) is 88.3. The topological polar surface area (TPSA) is 323 Å². The van der Waals surface area contributed by atoms with E-state index in [1.165, 1.54) is 45.3 Å². The van der Waals surface area contributed by atoms with Crippen molar-refractivity contribution in [2.75, 3.05) is 26.1 Å². The van der Waals surface area contributed by atoms with Gasteiger partial charge in [-0.25, -0.2) is 34.1 Å². The van der Waals surface area contributed by atoms with Crippen LogP contribution in [0, 0.1) is 123 Å². The molecule has 5 N–H and O–H groups in total. The number of carboxylic acid groups (broad SMARTS) is 4. The Balaban J connectivity index is 0.000000163. The number of H-pyrrole nitrogens is 1. The standard InChI is InChI=1S/C30H38N2O3S2.C29H38N2O4S2.2C28H37N3O3S2/c1-20-8-10-21(11-9-20)28(33)32(22-12-14-23(15-13-22)36-26-7-5-6-18-31-26)25-19-24(16-17-30(2,3)4)37-27(25)29(34)35;1-18-6-8-20(9-7-18)26(32)31(21-10-12-22(13-11-21)37-28-30-17-19(2)35-28)24-16-23(14-15-29(3,4)5)36-25(24)27(33)34;1-18-5-7-19(8-6-18)26(32)31(20-9-11-21(12-10-20)35-24-14-16-29-30-24)23-17-22(13-15-28(2,3)4)36-25(23)27(33)34;1-18-5-7-19(8-6-18)25(32)31(20-9-11-21(12-10-20)36-27-29-15-16-30-27)23-17-22(13-14-28(2,3)4)35-24(23)26(33)34/h5-7,18-23H,8-15H2,1-4H3,(H,34,35);16-18,20-22H,6-13H2,1-5H3,(H,33,34);14,16-21H,5-12H2,1-4H3,(H,29,30)(H,33,34);15,17-21H,5-12,16H2,1-4H3,(H,33,34). The van der Waals surface area contributed by atoms with Crippen molar-refractivity contribution < 1.29 is 63.2 Å². The minimum atomic E-state index is -0.998. The van der Waals surface area contributed by atoms with Crippen LogP contribution in [0.3, 0.4) is 0 Å². The molecule has 16 rings (SSSR count). The number of aromatic carboxylic acids is 4. The highest BCUT2D eigenvalue weighted by Gasteiger charge is 2.45. The molecular weight excluding hydrogens is 1990 g/mol. The highest BCUT2D eigenvalue weighted by atomic mass is 32.2. The molecule has 8 heterocycles. The zero-order valence-corrected chi connectivity index (χ0v) is 94.8. The van der Waals surface area contributed by atoms with Crippen molar-refractivity contribution in [2.45, 2.75) is 384 Å². The molecule has 0 radical (unpaired) electrons. The SMILES string of the molecule is CC1CCC(C(=O)N(c2cc(C#CC(C)(C)C)sc2C(=O)O)C2CCC(SC3=NCC=N3)CC2)CC1.CC1CCC(C(=O)N(c2cc(C#CC(C)(C)C)sc2C(=O)O)C2CCC(Sc3ccccn3)CC2)CC1.CC1CCC(C(=O)N(c2cc(C#CC(C)(C)C)sc2C(=O)O)C2CCC(Sc3ccn[nH]3)CC2)CC1.Cc1cnc(SC2CCC(N(C(=O)C3CCC(C)CC3)c3cc(C#CC(C)(C)C)sc3C(=O)O)CC2)o1. The smallest absolute Gasteiger partial charge is 0.348 e. The monoisotopic (exact) mass is 2130 g/mol. The summed E-state index contributed by atoms with van der Waals surface area (Å²) in [5, 5.41) is 52.8. The number of aryl methyl sites for hydroxylation is 1. The maximum absolute atomic E-state index is 14.1. The first-order chi connectivity index (χ1) is 69.3. The van der Waals surface area contributed by atoms with Crippen molar-refractivity contribution in [1.82, 2.24) is 20.2 Å². The molecule has 7 aromatic heterocycles. The van der Waals surface area contributed by atoms with E-state index in [0.29, 0.717) is 98.7 Å². The summed E-state index contributed by atoms with van der Waals surface area (Å²) in [5.41, 5.74) is 1.39. The summed E-state index contributed by atoms with van der Waals surface area (Å²) in [6.45, 7) is 35.9. The number of hydrogen-bond donors (Lipinski definition) is 5. The molecule has 0 bridgehead atoms. The van der Waals surface area contributed by atoms with Crippen LogP contribution in [0.1, 0.15) is 380 Å². The van der Waals surface area contributed by atoms with Crippen LogP contribution in [0.2, 0.25) is 0 Å². The highest BCUT2D eigenvalue weighted by Crippen LogP contribution is 2.49. The molecule has 7 aromatic rings. The molecule has 786 valence electrons. The number of nitrogens with zero attached hydrogens (tertiary/aromatic N) is 9. The van der Waals surface area contributed by atoms with Crippen molar-refractivity contribution in [2.24, 2.45) is 79.0 Å². The van der Waals surface area contributed by atoms with Gasteiger partial charge < -0.3 is 44.4 Å². The van der Waals surface area contributed by atoms with Crippen LogP contribution in [-0.4, -0.2) is 151 Å². The number of aromatic amines is 1. The first kappa shape index (κ1) is 114. The summed E-state index contributed by atoms with van der Waals surface area (Å²) >= 11 is 11.7. The fourth-order valence-electron chi connectivity index (χ4n) is 20.7. The molecule has 4 amide bonds. The van der Waals surface area contributed by atoms with E-state index in [2.05, 4.69) is 105 Å². The van der Waals surface area contributed by atoms with E-state index >= 15 is 0 Å². The Bertz CT molecular complexity index is 5950. The molecule has 0 spiro atoms. The summed E-state index contributed by atoms with van der Waals surface area (Å²) in [5.74, 6) is 25.2. The van der Waals surface area contributed by atoms with Gasteiger partial charge in [0.2, 0.25) is 23.6 Å². The largest absolute Gasteiger partial charge is 0.477 e. The van der Waals surface area contributed by atoms with Crippen LogP contribution >= 0.6 is 92.4 Å². The van der Waals surface area contributed by atoms with Gasteiger partial charge in [-0.15, -0.1) is 68.9 Å². The summed E-state index contributed by atoms with van der Waals surface area (Å²) < 4.78 is 5.66. The number of hydrogen-bond acceptors (Lipinski definition) is 22. The summed E-state index contributed by atoms with van der Waals surface area (Å²) in [7, 11) is 0. The van der Waals surface area contributed by atoms with Crippen molar-refractivity contribution in [3.05, 3.63) is 112 Å². The van der Waals surface area contributed by atoms with Gasteiger partial charge in [0.1, 0.15) is 25.3 Å². The molecule has 0 atom stereocenters. The molecule has 0 saturated heterocycles. The number of carbonyl (C=O) groups excluding carboxylic acids is 4. The zero-order chi connectivity index (χ0) is 105. The second kappa shape index (κ2) is 52.2. The van der Waals surface area contributed by atoms with Crippen molar-refractivity contribution in [1.29, 1.82) is 0 Å². The highest BCUT2D eigenvalue weighted by molar-refractivity contribution is 8.14. The second-order valence-electron chi connectivity index (χ2n) is 45.6. The van der Waals surface area contributed by atoms with Gasteiger partial charge in [-0.3, -0.25) is 29.3 Å². The molecule has 0 unspecified atom stereocenters. The first-order valence-corrected chi connectivity index (χ1v) is 59.6. The predicted molar refractivity (Wildman–Crippen MR) is 599 cm³/mol. The van der Waals surface area contributed by atoms with Crippen LogP contribution in [0.25, 0.3) is 0 Å². The lowest BCUT2D eigenvalue weighted by Gasteiger charge is -2.39. The third kappa shape index (κ3) is 33.3. The van der Waals surface area contributed by atoms with Crippen molar-refractivity contribution in [3.8, 4) is 47.4 Å². The summed E-state index contributed by atoms with van der Waals surface area (Å²) in [6, 6.07) is 15.3. The molecule has 8 saturated carbocycles. The number of amidine groups is 1. The van der Waals surface area contributed by atoms with E-state index < -0.39 is 23.9 Å². The molecule has 23 nitrogen and oxygen atoms in total. The molecule has 8 fully saturated rings. The van der Waals surface area contributed by atoms with Gasteiger partial charge in [-0.05, 0) is 362 Å². The minimum absolute atomic E-state index is 0.00107. The maximum Gasteiger partial charge on any atom is 0.348 e. The number of carboxylic acids is 4. The number of oxazole rings is 1. The number of thiophene rings is 4. The number of amides is 4. The van der Waals surface area contributed by atoms with Crippen LogP contribution in [0.15, 0.2) is 96.8 Å². The van der Waals surface area contributed by atoms with Gasteiger partial charge in [0, 0.05) is 109 Å². The number of rotatable bonds is 23. The molecular formula is C115H150N10O13S8. The number of carbonyl (C=O) groups is 8. The third-order valence-electron chi connectivity index (χ3n) is 28.7. The summed E-state index contributed by atoms with van der Waals surface area (Å²) in [6.07, 6.45) is 37.0. The van der Waals surface area contributed by atoms with Gasteiger partial charge in [0.05, 0.1) is 65.1 Å². The molecule has 9 aliphatic rings. The normalized spacial score (nSPS) is 24.8. The predicted octanol–water partition coefficient (Wildman–Crippen LogP) is 28.2. The van der Waals surface area contributed by atoms with E-state index in [0.717, 1.165) is 226 Å². The average molecular weight is 2140 g/mol. The Morgan fingerprint density at radius 3 is 0.932 bits per heavy atom. The maximum atomic E-state index is 14.1. The molecule has 0 aromatic carbocycles. The quantitative estimate of drug-likeness (QED) is 0.0372. The van der Waals surface area contributed by atoms with Gasteiger partial charge in [0.25, 0.3) is 5.22 Å². The Kier molecular flexibility index (Phi) is 40.9. The van der Waals surface area contributed by atoms with Gasteiger partial charge >= 0.3 is 23.9 Å². The lowest BCUT2D eigenvalue weighted by Crippen LogP contribution is -2.46. The lowest BCUT2D eigenvalue weighted by molar-refractivity contribution is -0.125. The van der Waals surface area contributed by atoms with Crippen molar-refractivity contribution in [3.63, 3.8) is 0 Å². The average Bonchev–Trinajstić information content (AvgIpc) is 1.63. The van der Waals surface area contributed by atoms with Gasteiger partial charge in [-0.1, -0.05) is 105 Å². The van der Waals surface area contributed by atoms with Crippen LogP contribution in [-0.2, 0) is 19.2 Å². The van der Waals surface area contributed by atoms with E-state index in [-0.39, 0.29) is 113 Å². The lowest BCUT2D eigenvalue weighted by atomic mass is 9.81. The number of anilines is 4. The fraction of sp³-hybridized carbons (Fsp3) is 0.609.